The van der Waals surface area contributed by atoms with Gasteiger partial charge in [0, 0.05) is 13.1 Å². The van der Waals surface area contributed by atoms with Gasteiger partial charge in [-0.2, -0.15) is 13.2 Å². The van der Waals surface area contributed by atoms with Gasteiger partial charge in [0.1, 0.15) is 12.4 Å². The maximum absolute atomic E-state index is 12.4. The number of anilines is 1. The largest absolute Gasteiger partial charge is 0.406 e. The number of rotatable bonds is 4. The van der Waals surface area contributed by atoms with Crippen molar-refractivity contribution in [2.24, 2.45) is 0 Å². The van der Waals surface area contributed by atoms with E-state index in [-0.39, 0.29) is 5.69 Å². The summed E-state index contributed by atoms with van der Waals surface area (Å²) in [5.41, 5.74) is -0.114. The van der Waals surface area contributed by atoms with Crippen molar-refractivity contribution >= 4 is 11.7 Å². The molecule has 1 rings (SSSR count). The summed E-state index contributed by atoms with van der Waals surface area (Å²) in [5, 5.41) is 9.98. The normalized spacial score (nSPS) is 11.5. The molecule has 19 heavy (non-hydrogen) atoms. The molecule has 0 unspecified atom stereocenters. The average molecular weight is 276 g/mol. The van der Waals surface area contributed by atoms with Crippen molar-refractivity contribution in [3.05, 3.63) is 17.8 Å². The van der Waals surface area contributed by atoms with Crippen LogP contribution in [0.4, 0.5) is 19.0 Å². The Labute approximate surface area is 108 Å². The molecule has 0 saturated heterocycles. The number of halogens is 3. The Morgan fingerprint density at radius 2 is 2.00 bits per heavy atom. The smallest absolute Gasteiger partial charge is 0.372 e. The van der Waals surface area contributed by atoms with Crippen LogP contribution in [0.15, 0.2) is 12.1 Å². The third-order valence-electron chi connectivity index (χ3n) is 2.37. The Balaban J connectivity index is 2.92. The second-order valence-corrected chi connectivity index (χ2v) is 4.20. The number of alkyl halides is 3. The van der Waals surface area contributed by atoms with E-state index in [4.69, 9.17) is 0 Å². The zero-order valence-corrected chi connectivity index (χ0v) is 10.8. The Morgan fingerprint density at radius 1 is 1.37 bits per heavy atom. The van der Waals surface area contributed by atoms with Crippen molar-refractivity contribution in [2.75, 3.05) is 18.9 Å². The minimum Gasteiger partial charge on any atom is -0.372 e. The molecular formula is C11H15F3N4O. The Bertz CT molecular complexity index is 431. The first-order valence-electron chi connectivity index (χ1n) is 5.64. The lowest BCUT2D eigenvalue weighted by atomic mass is 10.2. The maximum atomic E-state index is 12.4. The van der Waals surface area contributed by atoms with Crippen LogP contribution < -0.4 is 5.32 Å². The molecule has 1 aromatic heterocycles. The van der Waals surface area contributed by atoms with Gasteiger partial charge in [-0.1, -0.05) is 0 Å². The lowest BCUT2D eigenvalue weighted by molar-refractivity contribution is -0.143. The molecule has 0 saturated carbocycles. The predicted octanol–water partition coefficient (Wildman–Crippen LogP) is 1.93. The van der Waals surface area contributed by atoms with Crippen molar-refractivity contribution in [1.82, 2.24) is 15.1 Å². The number of nitrogens with zero attached hydrogens (tertiary/aromatic N) is 3. The van der Waals surface area contributed by atoms with E-state index in [0.717, 1.165) is 0 Å². The molecule has 0 aliphatic rings. The van der Waals surface area contributed by atoms with E-state index in [1.165, 1.54) is 26.0 Å². The van der Waals surface area contributed by atoms with Crippen LogP contribution in [0, 0.1) is 0 Å². The van der Waals surface area contributed by atoms with Crippen molar-refractivity contribution in [2.45, 2.75) is 26.1 Å². The van der Waals surface area contributed by atoms with Crippen molar-refractivity contribution in [3.8, 4) is 0 Å². The molecule has 1 aromatic rings. The van der Waals surface area contributed by atoms with E-state index in [0.29, 0.717) is 10.7 Å². The van der Waals surface area contributed by atoms with Gasteiger partial charge in [-0.25, -0.2) is 0 Å². The van der Waals surface area contributed by atoms with E-state index in [1.807, 2.05) is 0 Å². The number of aromatic nitrogens is 2. The van der Waals surface area contributed by atoms with Gasteiger partial charge in [-0.05, 0) is 26.0 Å². The fourth-order valence-corrected chi connectivity index (χ4v) is 1.41. The third-order valence-corrected chi connectivity index (χ3v) is 2.37. The summed E-state index contributed by atoms with van der Waals surface area (Å²) in [7, 11) is 1.62. The van der Waals surface area contributed by atoms with Crippen LogP contribution in [0.2, 0.25) is 0 Å². The highest BCUT2D eigenvalue weighted by Gasteiger charge is 2.35. The minimum absolute atomic E-state index is 0.114. The van der Waals surface area contributed by atoms with Gasteiger partial charge in [-0.3, -0.25) is 4.79 Å². The molecule has 0 radical (unpaired) electrons. The monoisotopic (exact) mass is 276 g/mol. The summed E-state index contributed by atoms with van der Waals surface area (Å²) >= 11 is 0. The highest BCUT2D eigenvalue weighted by atomic mass is 19.4. The molecule has 1 N–H and O–H groups in total. The summed E-state index contributed by atoms with van der Waals surface area (Å²) in [5.74, 6) is -0.356. The van der Waals surface area contributed by atoms with Crippen LogP contribution in [0.25, 0.3) is 0 Å². The summed E-state index contributed by atoms with van der Waals surface area (Å²) < 4.78 is 37.3. The van der Waals surface area contributed by atoms with Gasteiger partial charge < -0.3 is 10.2 Å². The van der Waals surface area contributed by atoms with E-state index in [1.54, 1.807) is 7.05 Å². The zero-order valence-electron chi connectivity index (χ0n) is 10.8. The molecule has 0 bridgehead atoms. The predicted molar refractivity (Wildman–Crippen MR) is 63.8 cm³/mol. The quantitative estimate of drug-likeness (QED) is 0.913. The Morgan fingerprint density at radius 3 is 2.37 bits per heavy atom. The number of carbonyl (C=O) groups excluding carboxylic acids is 1. The fourth-order valence-electron chi connectivity index (χ4n) is 1.41. The summed E-state index contributed by atoms with van der Waals surface area (Å²) in [6.07, 6.45) is -4.45. The third kappa shape index (κ3) is 4.38. The molecule has 0 aliphatic heterocycles. The molecule has 1 heterocycles. The van der Waals surface area contributed by atoms with Gasteiger partial charge in [0.25, 0.3) is 5.91 Å². The number of carbonyl (C=O) groups is 1. The van der Waals surface area contributed by atoms with E-state index < -0.39 is 24.7 Å². The molecule has 0 spiro atoms. The van der Waals surface area contributed by atoms with Crippen molar-refractivity contribution in [1.29, 1.82) is 0 Å². The van der Waals surface area contributed by atoms with E-state index in [9.17, 15) is 18.0 Å². The average Bonchev–Trinajstić information content (AvgIpc) is 2.34. The molecule has 0 fully saturated rings. The molecule has 8 heteroatoms. The van der Waals surface area contributed by atoms with Gasteiger partial charge >= 0.3 is 6.18 Å². The first-order chi connectivity index (χ1) is 8.74. The highest BCUT2D eigenvalue weighted by Crippen LogP contribution is 2.19. The van der Waals surface area contributed by atoms with Gasteiger partial charge in [0.05, 0.1) is 0 Å². The molecule has 0 aromatic carbocycles. The Hall–Kier alpha value is -1.86. The standard InChI is InChI=1S/C11H15F3N4O/c1-7(2)18(6-11(12,13)14)10(19)8-4-5-9(15-3)17-16-8/h4-5,7H,6H2,1-3H3,(H,15,17). The maximum Gasteiger partial charge on any atom is 0.406 e. The van der Waals surface area contributed by atoms with Crippen LogP contribution in [0.1, 0.15) is 24.3 Å². The fraction of sp³-hybridized carbons (Fsp3) is 0.545. The highest BCUT2D eigenvalue weighted by molar-refractivity contribution is 5.92. The van der Waals surface area contributed by atoms with Gasteiger partial charge in [0.2, 0.25) is 0 Å². The number of amides is 1. The number of hydrogen-bond donors (Lipinski definition) is 1. The molecular weight excluding hydrogens is 261 g/mol. The van der Waals surface area contributed by atoms with Crippen LogP contribution >= 0.6 is 0 Å². The molecule has 0 atom stereocenters. The first kappa shape index (κ1) is 15.2. The van der Waals surface area contributed by atoms with Crippen molar-refractivity contribution < 1.29 is 18.0 Å². The van der Waals surface area contributed by atoms with E-state index in [2.05, 4.69) is 15.5 Å². The molecule has 0 aliphatic carbocycles. The number of nitrogens with one attached hydrogen (secondary N) is 1. The first-order valence-corrected chi connectivity index (χ1v) is 5.64. The van der Waals surface area contributed by atoms with Crippen LogP contribution in [0.3, 0.4) is 0 Å². The lowest BCUT2D eigenvalue weighted by Gasteiger charge is -2.27. The zero-order chi connectivity index (χ0) is 14.6. The summed E-state index contributed by atoms with van der Waals surface area (Å²) in [6.45, 7) is 1.72. The Kier molecular flexibility index (Phi) is 4.68. The minimum atomic E-state index is -4.45. The second-order valence-electron chi connectivity index (χ2n) is 4.20. The molecule has 106 valence electrons. The van der Waals surface area contributed by atoms with E-state index >= 15 is 0 Å². The second kappa shape index (κ2) is 5.85. The van der Waals surface area contributed by atoms with Crippen LogP contribution in [-0.4, -0.2) is 46.8 Å². The van der Waals surface area contributed by atoms with Gasteiger partial charge in [-0.15, -0.1) is 10.2 Å². The summed E-state index contributed by atoms with van der Waals surface area (Å²) in [4.78, 5) is 12.7. The SMILES string of the molecule is CNc1ccc(C(=O)N(CC(F)(F)F)C(C)C)nn1. The topological polar surface area (TPSA) is 58.1 Å². The van der Waals surface area contributed by atoms with Crippen LogP contribution in [0.5, 0.6) is 0 Å². The van der Waals surface area contributed by atoms with Crippen molar-refractivity contribution in [3.63, 3.8) is 0 Å². The summed E-state index contributed by atoms with van der Waals surface area (Å²) in [6, 6.07) is 2.24. The van der Waals surface area contributed by atoms with Gasteiger partial charge in [0.15, 0.2) is 5.69 Å². The lowest BCUT2D eigenvalue weighted by Crippen LogP contribution is -2.43. The molecule has 5 nitrogen and oxygen atoms in total. The van der Waals surface area contributed by atoms with Crippen LogP contribution in [-0.2, 0) is 0 Å². The number of hydrogen-bond acceptors (Lipinski definition) is 4. The molecule has 1 amide bonds.